The van der Waals surface area contributed by atoms with Crippen LogP contribution in [0.5, 0.6) is 5.75 Å². The van der Waals surface area contributed by atoms with Gasteiger partial charge in [0.25, 0.3) is 0 Å². The third-order valence-electron chi connectivity index (χ3n) is 5.42. The van der Waals surface area contributed by atoms with Crippen LogP contribution in [0, 0.1) is 6.92 Å². The van der Waals surface area contributed by atoms with Crippen molar-refractivity contribution in [1.82, 2.24) is 25.4 Å². The minimum Gasteiger partial charge on any atom is -0.496 e. The summed E-state index contributed by atoms with van der Waals surface area (Å²) in [5.41, 5.74) is 3.99. The van der Waals surface area contributed by atoms with Gasteiger partial charge in [-0.1, -0.05) is 17.7 Å². The van der Waals surface area contributed by atoms with Crippen LogP contribution in [0.15, 0.2) is 36.5 Å². The molecule has 0 saturated carbocycles. The van der Waals surface area contributed by atoms with Gasteiger partial charge in [-0.2, -0.15) is 5.10 Å². The summed E-state index contributed by atoms with van der Waals surface area (Å²) in [6, 6.07) is 9.91. The monoisotopic (exact) mass is 393 g/mol. The number of ether oxygens (including phenoxy) is 1. The van der Waals surface area contributed by atoms with Gasteiger partial charge in [0.1, 0.15) is 5.75 Å². The zero-order valence-corrected chi connectivity index (χ0v) is 16.9. The van der Waals surface area contributed by atoms with Crippen molar-refractivity contribution < 1.29 is 9.53 Å². The van der Waals surface area contributed by atoms with Gasteiger partial charge in [0, 0.05) is 36.2 Å². The van der Waals surface area contributed by atoms with Crippen LogP contribution in [0.1, 0.15) is 29.2 Å². The Labute approximate surface area is 170 Å². The van der Waals surface area contributed by atoms with Crippen molar-refractivity contribution in [3.63, 3.8) is 0 Å². The number of benzene rings is 1. The Morgan fingerprint density at radius 1 is 1.38 bits per heavy atom. The molecule has 1 aliphatic rings. The number of nitrogens with zero attached hydrogens (tertiary/aromatic N) is 3. The third kappa shape index (κ3) is 4.24. The van der Waals surface area contributed by atoms with Gasteiger partial charge in [-0.3, -0.25) is 4.79 Å². The van der Waals surface area contributed by atoms with E-state index in [9.17, 15) is 4.79 Å². The molecule has 1 aliphatic heterocycles. The van der Waals surface area contributed by atoms with Gasteiger partial charge >= 0.3 is 0 Å². The molecule has 1 fully saturated rings. The summed E-state index contributed by atoms with van der Waals surface area (Å²) in [6.07, 6.45) is 3.18. The highest BCUT2D eigenvalue weighted by Gasteiger charge is 2.23. The molecule has 1 aromatic carbocycles. The number of methoxy groups -OCH3 is 1. The van der Waals surface area contributed by atoms with Gasteiger partial charge in [-0.05, 0) is 38.1 Å². The van der Waals surface area contributed by atoms with E-state index in [-0.39, 0.29) is 5.91 Å². The van der Waals surface area contributed by atoms with Crippen molar-refractivity contribution in [1.29, 1.82) is 0 Å². The molecular formula is C22H27N5O2. The molecule has 3 aromatic rings. The predicted octanol–water partition coefficient (Wildman–Crippen LogP) is 2.18. The molecule has 0 radical (unpaired) electrons. The topological polar surface area (TPSA) is 81.1 Å². The maximum Gasteiger partial charge on any atom is 0.224 e. The number of hydrogen-bond donors (Lipinski definition) is 2. The number of aromatic nitrogens is 3. The van der Waals surface area contributed by atoms with E-state index < -0.39 is 0 Å². The third-order valence-corrected chi connectivity index (χ3v) is 5.42. The lowest BCUT2D eigenvalue weighted by atomic mass is 10.0. The SMILES string of the molecule is COc1ccc(C)cc1CC(=O)NCCn1nc([C@@H]2CCNC2)c2cccnc21. The number of amides is 1. The molecule has 152 valence electrons. The minimum atomic E-state index is -0.0291. The molecular weight excluding hydrogens is 366 g/mol. The summed E-state index contributed by atoms with van der Waals surface area (Å²) in [4.78, 5) is 17.0. The highest BCUT2D eigenvalue weighted by molar-refractivity contribution is 5.80. The number of carbonyl (C=O) groups excluding carboxylic acids is 1. The van der Waals surface area contributed by atoms with Gasteiger partial charge in [0.05, 0.1) is 25.8 Å². The zero-order valence-electron chi connectivity index (χ0n) is 16.9. The summed E-state index contributed by atoms with van der Waals surface area (Å²) in [5.74, 6) is 1.13. The molecule has 0 bridgehead atoms. The molecule has 3 heterocycles. The number of hydrogen-bond acceptors (Lipinski definition) is 5. The first-order chi connectivity index (χ1) is 14.2. The Morgan fingerprint density at radius 2 is 2.28 bits per heavy atom. The number of pyridine rings is 1. The van der Waals surface area contributed by atoms with Crippen molar-refractivity contribution in [2.24, 2.45) is 0 Å². The van der Waals surface area contributed by atoms with E-state index in [1.54, 1.807) is 13.3 Å². The second-order valence-corrected chi connectivity index (χ2v) is 7.51. The first-order valence-electron chi connectivity index (χ1n) is 10.1. The molecule has 7 heteroatoms. The summed E-state index contributed by atoms with van der Waals surface area (Å²) in [7, 11) is 1.62. The molecule has 1 saturated heterocycles. The summed E-state index contributed by atoms with van der Waals surface area (Å²) >= 11 is 0. The largest absolute Gasteiger partial charge is 0.496 e. The van der Waals surface area contributed by atoms with Crippen LogP contribution in [-0.4, -0.2) is 47.4 Å². The van der Waals surface area contributed by atoms with E-state index in [2.05, 4.69) is 21.7 Å². The number of rotatable bonds is 7. The molecule has 2 aromatic heterocycles. The van der Waals surface area contributed by atoms with Crippen LogP contribution < -0.4 is 15.4 Å². The summed E-state index contributed by atoms with van der Waals surface area (Å²) in [6.45, 7) is 5.08. The Hall–Kier alpha value is -2.93. The van der Waals surface area contributed by atoms with Crippen molar-refractivity contribution in [3.05, 3.63) is 53.3 Å². The Bertz CT molecular complexity index is 1010. The highest BCUT2D eigenvalue weighted by atomic mass is 16.5. The first-order valence-corrected chi connectivity index (χ1v) is 10.1. The van der Waals surface area contributed by atoms with E-state index in [0.29, 0.717) is 25.4 Å². The quantitative estimate of drug-likeness (QED) is 0.643. The normalized spacial score (nSPS) is 16.3. The van der Waals surface area contributed by atoms with Crippen LogP contribution in [0.4, 0.5) is 0 Å². The molecule has 1 amide bonds. The number of aryl methyl sites for hydroxylation is 1. The lowest BCUT2D eigenvalue weighted by molar-refractivity contribution is -0.120. The fourth-order valence-corrected chi connectivity index (χ4v) is 3.96. The van der Waals surface area contributed by atoms with Crippen molar-refractivity contribution in [2.75, 3.05) is 26.7 Å². The molecule has 2 N–H and O–H groups in total. The minimum absolute atomic E-state index is 0.0291. The molecule has 0 aliphatic carbocycles. The van der Waals surface area contributed by atoms with Gasteiger partial charge in [0.15, 0.2) is 5.65 Å². The average Bonchev–Trinajstić information content (AvgIpc) is 3.36. The molecule has 1 atom stereocenters. The van der Waals surface area contributed by atoms with Gasteiger partial charge in [-0.25, -0.2) is 9.67 Å². The summed E-state index contributed by atoms with van der Waals surface area (Å²) in [5, 5.41) is 12.3. The second kappa shape index (κ2) is 8.61. The Kier molecular flexibility index (Phi) is 5.76. The van der Waals surface area contributed by atoms with Gasteiger partial charge in [0.2, 0.25) is 5.91 Å². The van der Waals surface area contributed by atoms with Crippen molar-refractivity contribution in [3.8, 4) is 5.75 Å². The lowest BCUT2D eigenvalue weighted by Gasteiger charge is -2.10. The summed E-state index contributed by atoms with van der Waals surface area (Å²) < 4.78 is 7.28. The fraction of sp³-hybridized carbons (Fsp3) is 0.409. The molecule has 7 nitrogen and oxygen atoms in total. The second-order valence-electron chi connectivity index (χ2n) is 7.51. The number of carbonyl (C=O) groups is 1. The highest BCUT2D eigenvalue weighted by Crippen LogP contribution is 2.27. The van der Waals surface area contributed by atoms with E-state index >= 15 is 0 Å². The van der Waals surface area contributed by atoms with Crippen molar-refractivity contribution in [2.45, 2.75) is 32.2 Å². The Balaban J connectivity index is 1.41. The molecule has 0 unspecified atom stereocenters. The van der Waals surface area contributed by atoms with E-state index in [4.69, 9.17) is 9.84 Å². The van der Waals surface area contributed by atoms with E-state index in [0.717, 1.165) is 53.1 Å². The first kappa shape index (κ1) is 19.4. The smallest absolute Gasteiger partial charge is 0.224 e. The Morgan fingerprint density at radius 3 is 3.07 bits per heavy atom. The lowest BCUT2D eigenvalue weighted by Crippen LogP contribution is -2.29. The van der Waals surface area contributed by atoms with Crippen LogP contribution in [0.25, 0.3) is 11.0 Å². The molecule has 29 heavy (non-hydrogen) atoms. The number of nitrogens with one attached hydrogen (secondary N) is 2. The zero-order chi connectivity index (χ0) is 20.2. The van der Waals surface area contributed by atoms with Crippen LogP contribution in [0.2, 0.25) is 0 Å². The van der Waals surface area contributed by atoms with Gasteiger partial charge < -0.3 is 15.4 Å². The fourth-order valence-electron chi connectivity index (χ4n) is 3.96. The van der Waals surface area contributed by atoms with Crippen LogP contribution >= 0.6 is 0 Å². The van der Waals surface area contributed by atoms with Crippen LogP contribution in [-0.2, 0) is 17.8 Å². The number of fused-ring (bicyclic) bond motifs is 1. The maximum atomic E-state index is 12.4. The van der Waals surface area contributed by atoms with E-state index in [1.165, 1.54) is 0 Å². The maximum absolute atomic E-state index is 12.4. The van der Waals surface area contributed by atoms with Crippen LogP contribution in [0.3, 0.4) is 0 Å². The average molecular weight is 393 g/mol. The van der Waals surface area contributed by atoms with E-state index in [1.807, 2.05) is 35.9 Å². The standard InChI is InChI=1S/C22H27N5O2/c1-15-5-6-19(29-2)17(12-15)13-20(28)24-10-11-27-22-18(4-3-8-25-22)21(26-27)16-7-9-23-14-16/h3-6,8,12,16,23H,7,9-11,13-14H2,1-2H3,(H,24,28)/t16-/m1/s1. The molecule has 4 rings (SSSR count). The van der Waals surface area contributed by atoms with Gasteiger partial charge in [-0.15, -0.1) is 0 Å². The molecule has 0 spiro atoms. The van der Waals surface area contributed by atoms with Crippen molar-refractivity contribution >= 4 is 16.9 Å². The predicted molar refractivity (Wildman–Crippen MR) is 112 cm³/mol.